The van der Waals surface area contributed by atoms with E-state index < -0.39 is 0 Å². The number of benzene rings is 1. The Bertz CT molecular complexity index is 419. The van der Waals surface area contributed by atoms with E-state index in [1.807, 2.05) is 18.2 Å². The van der Waals surface area contributed by atoms with Gasteiger partial charge in [-0.2, -0.15) is 0 Å². The molecule has 0 aromatic heterocycles. The molecule has 0 aliphatic carbocycles. The molecule has 1 aromatic carbocycles. The highest BCUT2D eigenvalue weighted by atomic mass is 35.5. The Morgan fingerprint density at radius 1 is 1.41 bits per heavy atom. The third-order valence-electron chi connectivity index (χ3n) is 3.57. The molecule has 1 aliphatic heterocycles. The van der Waals surface area contributed by atoms with Crippen LogP contribution < -0.4 is 4.90 Å². The molecule has 1 fully saturated rings. The maximum atomic E-state index is 11.1. The van der Waals surface area contributed by atoms with E-state index in [-0.39, 0.29) is 0 Å². The molecular formula is C14H18ClNO. The number of hydrogen-bond donors (Lipinski definition) is 0. The SMILES string of the molecule is CC1CCN(c2c(Cl)cccc2C=O)C(C)C1. The van der Waals surface area contributed by atoms with E-state index >= 15 is 0 Å². The second kappa shape index (κ2) is 5.09. The minimum atomic E-state index is 0.442. The zero-order chi connectivity index (χ0) is 12.4. The van der Waals surface area contributed by atoms with Crippen molar-refractivity contribution in [2.24, 2.45) is 5.92 Å². The van der Waals surface area contributed by atoms with Crippen LogP contribution in [-0.2, 0) is 0 Å². The molecule has 17 heavy (non-hydrogen) atoms. The predicted octanol–water partition coefficient (Wildman–Crippen LogP) is 3.78. The summed E-state index contributed by atoms with van der Waals surface area (Å²) in [6.45, 7) is 5.46. The molecule has 0 spiro atoms. The van der Waals surface area contributed by atoms with Crippen molar-refractivity contribution >= 4 is 23.6 Å². The smallest absolute Gasteiger partial charge is 0.152 e. The van der Waals surface area contributed by atoms with E-state index in [1.54, 1.807) is 0 Å². The minimum absolute atomic E-state index is 0.442. The standard InChI is InChI=1S/C14H18ClNO/c1-10-6-7-16(11(2)8-10)14-12(9-17)4-3-5-13(14)15/h3-5,9-11H,6-8H2,1-2H3. The van der Waals surface area contributed by atoms with Gasteiger partial charge in [-0.25, -0.2) is 0 Å². The first-order valence-electron chi connectivity index (χ1n) is 6.13. The zero-order valence-electron chi connectivity index (χ0n) is 10.3. The Labute approximate surface area is 108 Å². The summed E-state index contributed by atoms with van der Waals surface area (Å²) in [5.41, 5.74) is 1.60. The number of rotatable bonds is 2. The molecule has 92 valence electrons. The summed E-state index contributed by atoms with van der Waals surface area (Å²) in [4.78, 5) is 13.4. The first-order valence-corrected chi connectivity index (χ1v) is 6.51. The number of hydrogen-bond acceptors (Lipinski definition) is 2. The maximum absolute atomic E-state index is 11.1. The topological polar surface area (TPSA) is 20.3 Å². The van der Waals surface area contributed by atoms with Gasteiger partial charge >= 0.3 is 0 Å². The summed E-state index contributed by atoms with van der Waals surface area (Å²) >= 11 is 6.24. The molecule has 3 heteroatoms. The van der Waals surface area contributed by atoms with Crippen molar-refractivity contribution in [2.45, 2.75) is 32.7 Å². The first-order chi connectivity index (χ1) is 8.13. The third-order valence-corrected chi connectivity index (χ3v) is 3.88. The molecule has 1 heterocycles. The maximum Gasteiger partial charge on any atom is 0.152 e. The van der Waals surface area contributed by atoms with E-state index in [9.17, 15) is 4.79 Å². The number of carbonyl (C=O) groups excluding carboxylic acids is 1. The summed E-state index contributed by atoms with van der Waals surface area (Å²) < 4.78 is 0. The average Bonchev–Trinajstić information content (AvgIpc) is 2.30. The molecule has 1 aliphatic rings. The molecule has 1 aromatic rings. The van der Waals surface area contributed by atoms with Gasteiger partial charge in [-0.3, -0.25) is 4.79 Å². The molecule has 0 amide bonds. The van der Waals surface area contributed by atoms with Gasteiger partial charge in [0.25, 0.3) is 0 Å². The lowest BCUT2D eigenvalue weighted by Crippen LogP contribution is -2.40. The second-order valence-electron chi connectivity index (χ2n) is 4.97. The number of para-hydroxylation sites is 1. The highest BCUT2D eigenvalue weighted by Crippen LogP contribution is 2.34. The van der Waals surface area contributed by atoms with Crippen LogP contribution in [0.2, 0.25) is 5.02 Å². The van der Waals surface area contributed by atoms with Crippen molar-refractivity contribution in [3.8, 4) is 0 Å². The Balaban J connectivity index is 2.36. The summed E-state index contributed by atoms with van der Waals surface area (Å²) in [6.07, 6.45) is 3.21. The molecule has 0 bridgehead atoms. The van der Waals surface area contributed by atoms with Crippen LogP contribution in [-0.4, -0.2) is 18.9 Å². The number of piperidine rings is 1. The van der Waals surface area contributed by atoms with Gasteiger partial charge in [0.05, 0.1) is 10.7 Å². The lowest BCUT2D eigenvalue weighted by Gasteiger charge is -2.39. The molecule has 2 nitrogen and oxygen atoms in total. The van der Waals surface area contributed by atoms with Crippen LogP contribution in [0.1, 0.15) is 37.0 Å². The summed E-state index contributed by atoms with van der Waals surface area (Å²) in [5.74, 6) is 0.753. The van der Waals surface area contributed by atoms with Crippen LogP contribution in [0.5, 0.6) is 0 Å². The average molecular weight is 252 g/mol. The van der Waals surface area contributed by atoms with Gasteiger partial charge in [0.1, 0.15) is 0 Å². The van der Waals surface area contributed by atoms with Gasteiger partial charge < -0.3 is 4.90 Å². The van der Waals surface area contributed by atoms with Gasteiger partial charge in [-0.15, -0.1) is 0 Å². The predicted molar refractivity (Wildman–Crippen MR) is 72.0 cm³/mol. The third kappa shape index (κ3) is 2.47. The first kappa shape index (κ1) is 12.4. The van der Waals surface area contributed by atoms with Crippen LogP contribution in [0.25, 0.3) is 0 Å². The number of nitrogens with zero attached hydrogens (tertiary/aromatic N) is 1. The van der Waals surface area contributed by atoms with Crippen LogP contribution in [0.3, 0.4) is 0 Å². The van der Waals surface area contributed by atoms with Crippen molar-refractivity contribution in [2.75, 3.05) is 11.4 Å². The van der Waals surface area contributed by atoms with Crippen molar-refractivity contribution in [3.05, 3.63) is 28.8 Å². The van der Waals surface area contributed by atoms with Crippen molar-refractivity contribution in [3.63, 3.8) is 0 Å². The minimum Gasteiger partial charge on any atom is -0.367 e. The van der Waals surface area contributed by atoms with Crippen LogP contribution in [0, 0.1) is 5.92 Å². The Kier molecular flexibility index (Phi) is 3.72. The van der Waals surface area contributed by atoms with Crippen LogP contribution in [0.4, 0.5) is 5.69 Å². The van der Waals surface area contributed by atoms with Crippen molar-refractivity contribution in [1.82, 2.24) is 0 Å². The van der Waals surface area contributed by atoms with E-state index in [0.29, 0.717) is 16.6 Å². The molecule has 2 unspecified atom stereocenters. The highest BCUT2D eigenvalue weighted by Gasteiger charge is 2.25. The largest absolute Gasteiger partial charge is 0.367 e. The van der Waals surface area contributed by atoms with E-state index in [1.165, 1.54) is 0 Å². The van der Waals surface area contributed by atoms with Crippen molar-refractivity contribution in [1.29, 1.82) is 0 Å². The summed E-state index contributed by atoms with van der Waals surface area (Å²) in [6, 6.07) is 5.96. The van der Waals surface area contributed by atoms with Gasteiger partial charge in [0.2, 0.25) is 0 Å². The van der Waals surface area contributed by atoms with Gasteiger partial charge in [0.15, 0.2) is 6.29 Å². The van der Waals surface area contributed by atoms with Gasteiger partial charge in [-0.1, -0.05) is 24.6 Å². The number of anilines is 1. The molecule has 0 radical (unpaired) electrons. The van der Waals surface area contributed by atoms with Crippen LogP contribution >= 0.6 is 11.6 Å². The van der Waals surface area contributed by atoms with E-state index in [4.69, 9.17) is 11.6 Å². The number of aldehydes is 1. The Morgan fingerprint density at radius 3 is 2.82 bits per heavy atom. The Morgan fingerprint density at radius 2 is 2.18 bits per heavy atom. The second-order valence-corrected chi connectivity index (χ2v) is 5.37. The fourth-order valence-electron chi connectivity index (χ4n) is 2.67. The number of carbonyl (C=O) groups is 1. The summed E-state index contributed by atoms with van der Waals surface area (Å²) in [7, 11) is 0. The van der Waals surface area contributed by atoms with Crippen LogP contribution in [0.15, 0.2) is 18.2 Å². The lowest BCUT2D eigenvalue weighted by molar-refractivity contribution is 0.112. The Hall–Kier alpha value is -1.02. The summed E-state index contributed by atoms with van der Waals surface area (Å²) in [5, 5.41) is 0.677. The van der Waals surface area contributed by atoms with Gasteiger partial charge in [0, 0.05) is 18.2 Å². The quantitative estimate of drug-likeness (QED) is 0.746. The monoisotopic (exact) mass is 251 g/mol. The zero-order valence-corrected chi connectivity index (χ0v) is 11.1. The number of halogens is 1. The normalized spacial score (nSPS) is 24.8. The highest BCUT2D eigenvalue weighted by molar-refractivity contribution is 6.34. The van der Waals surface area contributed by atoms with E-state index in [0.717, 1.165) is 37.3 Å². The molecule has 2 atom stereocenters. The molecule has 1 saturated heterocycles. The van der Waals surface area contributed by atoms with Crippen molar-refractivity contribution < 1.29 is 4.79 Å². The molecular weight excluding hydrogens is 234 g/mol. The van der Waals surface area contributed by atoms with E-state index in [2.05, 4.69) is 18.7 Å². The molecule has 2 rings (SSSR count). The molecule has 0 saturated carbocycles. The fraction of sp³-hybridized carbons (Fsp3) is 0.500. The lowest BCUT2D eigenvalue weighted by atomic mass is 9.92. The molecule has 0 N–H and O–H groups in total. The fourth-order valence-corrected chi connectivity index (χ4v) is 2.96. The van der Waals surface area contributed by atoms with Gasteiger partial charge in [-0.05, 0) is 37.8 Å².